The molecule has 0 unspecified atom stereocenters. The van der Waals surface area contributed by atoms with Crippen molar-refractivity contribution in [2.45, 2.75) is 44.9 Å². The molecule has 2 amide bonds. The number of aliphatic hydroxyl groups is 1. The van der Waals surface area contributed by atoms with Gasteiger partial charge in [0.05, 0.1) is 25.7 Å². The topological polar surface area (TPSA) is 76.1 Å². The fourth-order valence-electron chi connectivity index (χ4n) is 2.41. The molecule has 0 radical (unpaired) electrons. The summed E-state index contributed by atoms with van der Waals surface area (Å²) in [5.41, 5.74) is -0.0555. The van der Waals surface area contributed by atoms with Gasteiger partial charge in [0.1, 0.15) is 11.4 Å². The first-order valence-electron chi connectivity index (χ1n) is 7.10. The van der Waals surface area contributed by atoms with Gasteiger partial charge in [-0.3, -0.25) is 4.79 Å². The van der Waals surface area contributed by atoms with E-state index in [4.69, 9.17) is 9.47 Å². The van der Waals surface area contributed by atoms with E-state index in [1.54, 1.807) is 52.1 Å². The van der Waals surface area contributed by atoms with Crippen molar-refractivity contribution in [1.82, 2.24) is 4.90 Å². The summed E-state index contributed by atoms with van der Waals surface area (Å²) in [6.45, 7) is 5.18. The molecular weight excluding hydrogens is 286 g/mol. The predicted octanol–water partition coefficient (Wildman–Crippen LogP) is 2.26. The number of benzene rings is 1. The van der Waals surface area contributed by atoms with Gasteiger partial charge in [-0.15, -0.1) is 0 Å². The molecule has 2 rings (SSSR count). The van der Waals surface area contributed by atoms with Crippen molar-refractivity contribution in [2.24, 2.45) is 0 Å². The Hall–Kier alpha value is -2.08. The maximum absolute atomic E-state index is 12.3. The summed E-state index contributed by atoms with van der Waals surface area (Å²) in [7, 11) is 1.55. The van der Waals surface area contributed by atoms with Crippen molar-refractivity contribution in [2.75, 3.05) is 7.11 Å². The second kappa shape index (κ2) is 5.96. The Kier molecular flexibility index (Phi) is 4.42. The number of rotatable bonds is 2. The van der Waals surface area contributed by atoms with E-state index >= 15 is 0 Å². The number of ether oxygens (including phenoxy) is 2. The molecule has 1 fully saturated rings. The van der Waals surface area contributed by atoms with Crippen LogP contribution in [-0.4, -0.2) is 40.8 Å². The van der Waals surface area contributed by atoms with Crippen LogP contribution < -0.4 is 4.74 Å². The summed E-state index contributed by atoms with van der Waals surface area (Å²) in [6.07, 6.45) is -1.79. The fraction of sp³-hybridized carbons (Fsp3) is 0.500. The van der Waals surface area contributed by atoms with Crippen LogP contribution in [0.2, 0.25) is 0 Å². The number of carbonyl (C=O) groups is 2. The van der Waals surface area contributed by atoms with Gasteiger partial charge >= 0.3 is 6.09 Å². The number of hydrogen-bond acceptors (Lipinski definition) is 5. The van der Waals surface area contributed by atoms with E-state index in [-0.39, 0.29) is 6.42 Å². The van der Waals surface area contributed by atoms with Crippen LogP contribution in [0.25, 0.3) is 0 Å². The SMILES string of the molecule is COc1ccc([C@H]2[C@H](O)CC(=O)N2C(=O)OC(C)(C)C)cc1. The zero-order chi connectivity index (χ0) is 16.5. The summed E-state index contributed by atoms with van der Waals surface area (Å²) in [6, 6.07) is 6.15. The van der Waals surface area contributed by atoms with Gasteiger partial charge in [0, 0.05) is 0 Å². The Balaban J connectivity index is 2.29. The fourth-order valence-corrected chi connectivity index (χ4v) is 2.41. The highest BCUT2D eigenvalue weighted by molar-refractivity contribution is 5.95. The third-order valence-corrected chi connectivity index (χ3v) is 3.34. The molecular formula is C16H21NO5. The number of aliphatic hydroxyl groups excluding tert-OH is 1. The average Bonchev–Trinajstić information content (AvgIpc) is 2.71. The number of methoxy groups -OCH3 is 1. The molecule has 0 saturated carbocycles. The molecule has 0 aromatic heterocycles. The first-order valence-corrected chi connectivity index (χ1v) is 7.10. The van der Waals surface area contributed by atoms with E-state index in [9.17, 15) is 14.7 Å². The highest BCUT2D eigenvalue weighted by Gasteiger charge is 2.45. The minimum absolute atomic E-state index is 0.101. The third kappa shape index (κ3) is 3.39. The number of imide groups is 1. The molecule has 2 atom stereocenters. The minimum Gasteiger partial charge on any atom is -0.497 e. The lowest BCUT2D eigenvalue weighted by molar-refractivity contribution is -0.128. The predicted molar refractivity (Wildman–Crippen MR) is 79.4 cm³/mol. The summed E-state index contributed by atoms with van der Waals surface area (Å²) in [5, 5.41) is 10.2. The van der Waals surface area contributed by atoms with E-state index < -0.39 is 29.7 Å². The molecule has 1 aliphatic rings. The van der Waals surface area contributed by atoms with Crippen LogP contribution in [0.5, 0.6) is 5.75 Å². The monoisotopic (exact) mass is 307 g/mol. The van der Waals surface area contributed by atoms with E-state index in [0.29, 0.717) is 11.3 Å². The van der Waals surface area contributed by atoms with Crippen molar-refractivity contribution in [3.8, 4) is 5.75 Å². The first kappa shape index (κ1) is 16.3. The maximum Gasteiger partial charge on any atom is 0.417 e. The normalized spacial score (nSPS) is 21.9. The lowest BCUT2D eigenvalue weighted by atomic mass is 10.0. The van der Waals surface area contributed by atoms with Crippen LogP contribution in [0.1, 0.15) is 38.8 Å². The molecule has 1 N–H and O–H groups in total. The second-order valence-electron chi connectivity index (χ2n) is 6.23. The number of amides is 2. The van der Waals surface area contributed by atoms with Crippen LogP contribution in [0.15, 0.2) is 24.3 Å². The van der Waals surface area contributed by atoms with Crippen LogP contribution in [-0.2, 0) is 9.53 Å². The Labute approximate surface area is 129 Å². The largest absolute Gasteiger partial charge is 0.497 e. The van der Waals surface area contributed by atoms with Crippen molar-refractivity contribution in [1.29, 1.82) is 0 Å². The van der Waals surface area contributed by atoms with Gasteiger partial charge in [-0.05, 0) is 38.5 Å². The Bertz CT molecular complexity index is 561. The summed E-state index contributed by atoms with van der Waals surface area (Å²) >= 11 is 0. The first-order chi connectivity index (χ1) is 10.2. The van der Waals surface area contributed by atoms with Crippen LogP contribution >= 0.6 is 0 Å². The van der Waals surface area contributed by atoms with Crippen LogP contribution in [0.3, 0.4) is 0 Å². The molecule has 1 aromatic carbocycles. The number of carbonyl (C=O) groups excluding carboxylic acids is 2. The lowest BCUT2D eigenvalue weighted by Gasteiger charge is -2.28. The molecule has 1 saturated heterocycles. The second-order valence-corrected chi connectivity index (χ2v) is 6.23. The average molecular weight is 307 g/mol. The van der Waals surface area contributed by atoms with E-state index in [0.717, 1.165) is 4.90 Å². The van der Waals surface area contributed by atoms with E-state index in [1.165, 1.54) is 0 Å². The smallest absolute Gasteiger partial charge is 0.417 e. The molecule has 22 heavy (non-hydrogen) atoms. The highest BCUT2D eigenvalue weighted by Crippen LogP contribution is 2.35. The van der Waals surface area contributed by atoms with Crippen LogP contribution in [0.4, 0.5) is 4.79 Å². The lowest BCUT2D eigenvalue weighted by Crippen LogP contribution is -2.40. The van der Waals surface area contributed by atoms with Crippen molar-refractivity contribution in [3.63, 3.8) is 0 Å². The van der Waals surface area contributed by atoms with Gasteiger partial charge in [0.25, 0.3) is 0 Å². The minimum atomic E-state index is -0.951. The van der Waals surface area contributed by atoms with Crippen molar-refractivity contribution < 1.29 is 24.2 Å². The summed E-state index contributed by atoms with van der Waals surface area (Å²) < 4.78 is 10.4. The molecule has 1 aromatic rings. The molecule has 1 aliphatic heterocycles. The maximum atomic E-state index is 12.3. The van der Waals surface area contributed by atoms with E-state index in [1.807, 2.05) is 0 Å². The van der Waals surface area contributed by atoms with E-state index in [2.05, 4.69) is 0 Å². The van der Waals surface area contributed by atoms with Crippen molar-refractivity contribution in [3.05, 3.63) is 29.8 Å². The van der Waals surface area contributed by atoms with Gasteiger partial charge in [0.15, 0.2) is 0 Å². The number of likely N-dealkylation sites (tertiary alicyclic amines) is 1. The van der Waals surface area contributed by atoms with Gasteiger partial charge in [-0.1, -0.05) is 12.1 Å². The van der Waals surface area contributed by atoms with Gasteiger partial charge < -0.3 is 14.6 Å². The third-order valence-electron chi connectivity index (χ3n) is 3.34. The zero-order valence-electron chi connectivity index (χ0n) is 13.2. The van der Waals surface area contributed by atoms with Crippen LogP contribution in [0, 0.1) is 0 Å². The Morgan fingerprint density at radius 2 is 1.86 bits per heavy atom. The Morgan fingerprint density at radius 1 is 1.27 bits per heavy atom. The van der Waals surface area contributed by atoms with Gasteiger partial charge in [0.2, 0.25) is 5.91 Å². The number of hydrogen-bond donors (Lipinski definition) is 1. The highest BCUT2D eigenvalue weighted by atomic mass is 16.6. The Morgan fingerprint density at radius 3 is 2.36 bits per heavy atom. The summed E-state index contributed by atoms with van der Waals surface area (Å²) in [4.78, 5) is 25.3. The molecule has 1 heterocycles. The molecule has 6 heteroatoms. The molecule has 6 nitrogen and oxygen atoms in total. The number of nitrogens with zero attached hydrogens (tertiary/aromatic N) is 1. The van der Waals surface area contributed by atoms with Crippen molar-refractivity contribution >= 4 is 12.0 Å². The molecule has 0 aliphatic carbocycles. The molecule has 0 spiro atoms. The zero-order valence-corrected chi connectivity index (χ0v) is 13.2. The quantitative estimate of drug-likeness (QED) is 0.907. The van der Waals surface area contributed by atoms with Gasteiger partial charge in [-0.25, -0.2) is 9.69 Å². The standard InChI is InChI=1S/C16H21NO5/c1-16(2,3)22-15(20)17-13(19)9-12(18)14(17)10-5-7-11(21-4)8-6-10/h5-8,12,14,18H,9H2,1-4H3/t12-,14+/m1/s1. The van der Waals surface area contributed by atoms with Gasteiger partial charge in [-0.2, -0.15) is 0 Å². The molecule has 120 valence electrons. The summed E-state index contributed by atoms with van der Waals surface area (Å²) in [5.74, 6) is 0.217. The molecule has 0 bridgehead atoms.